The van der Waals surface area contributed by atoms with Gasteiger partial charge in [0.1, 0.15) is 0 Å². The molecule has 1 atom stereocenters. The highest BCUT2D eigenvalue weighted by atomic mass is 32.1. The first-order valence-electron chi connectivity index (χ1n) is 5.82. The number of ketones is 1. The number of carbonyl (C=O) groups excluding carboxylic acids is 1. The molecule has 0 radical (unpaired) electrons. The van der Waals surface area contributed by atoms with E-state index in [-0.39, 0.29) is 22.8 Å². The number of nitro groups is 1. The van der Waals surface area contributed by atoms with Crippen LogP contribution < -0.4 is 0 Å². The Hall–Kier alpha value is -2.52. The molecule has 1 unspecified atom stereocenters. The highest BCUT2D eigenvalue weighted by Gasteiger charge is 2.24. The van der Waals surface area contributed by atoms with Gasteiger partial charge in [-0.25, -0.2) is 0 Å². The second kappa shape index (κ2) is 6.08. The van der Waals surface area contributed by atoms with Gasteiger partial charge in [0.2, 0.25) is 0 Å². The Kier molecular flexibility index (Phi) is 4.23. The van der Waals surface area contributed by atoms with Crippen LogP contribution in [0.25, 0.3) is 0 Å². The molecule has 0 saturated carbocycles. The van der Waals surface area contributed by atoms with Gasteiger partial charge >= 0.3 is 5.00 Å². The summed E-state index contributed by atoms with van der Waals surface area (Å²) in [6, 6.07) is 12.2. The molecule has 1 aromatic heterocycles. The average Bonchev–Trinajstić information content (AvgIpc) is 2.95. The minimum Gasteiger partial charge on any atom is -0.293 e. The summed E-state index contributed by atoms with van der Waals surface area (Å²) in [6.07, 6.45) is 0.0481. The van der Waals surface area contributed by atoms with Crippen molar-refractivity contribution < 1.29 is 9.72 Å². The highest BCUT2D eigenvalue weighted by molar-refractivity contribution is 7.13. The number of hydrogen-bond donors (Lipinski definition) is 0. The lowest BCUT2D eigenvalue weighted by atomic mass is 9.89. The molecule has 5 nitrogen and oxygen atoms in total. The first kappa shape index (κ1) is 13.9. The second-order valence-electron chi connectivity index (χ2n) is 4.12. The minimum atomic E-state index is -0.588. The van der Waals surface area contributed by atoms with Crippen molar-refractivity contribution in [1.29, 1.82) is 5.26 Å². The Labute approximate surface area is 119 Å². The van der Waals surface area contributed by atoms with Gasteiger partial charge in [-0.05, 0) is 5.56 Å². The van der Waals surface area contributed by atoms with Gasteiger partial charge in [-0.15, -0.1) is 0 Å². The topological polar surface area (TPSA) is 84.0 Å². The van der Waals surface area contributed by atoms with Crippen molar-refractivity contribution in [3.8, 4) is 6.07 Å². The van der Waals surface area contributed by atoms with Crippen LogP contribution in [-0.2, 0) is 0 Å². The summed E-state index contributed by atoms with van der Waals surface area (Å²) in [7, 11) is 0. The molecule has 0 N–H and O–H groups in total. The maximum Gasteiger partial charge on any atom is 0.324 e. The van der Waals surface area contributed by atoms with Gasteiger partial charge in [0.05, 0.1) is 16.9 Å². The van der Waals surface area contributed by atoms with Gasteiger partial charge in [0.25, 0.3) is 0 Å². The number of thiophene rings is 1. The lowest BCUT2D eigenvalue weighted by molar-refractivity contribution is -0.380. The van der Waals surface area contributed by atoms with Crippen molar-refractivity contribution in [3.63, 3.8) is 0 Å². The van der Waals surface area contributed by atoms with Gasteiger partial charge in [0.15, 0.2) is 5.78 Å². The molecular formula is C14H10N2O3S. The zero-order chi connectivity index (χ0) is 14.5. The molecule has 1 aromatic carbocycles. The molecule has 1 heterocycles. The molecule has 0 spiro atoms. The van der Waals surface area contributed by atoms with E-state index >= 15 is 0 Å². The van der Waals surface area contributed by atoms with Crippen LogP contribution in [0.3, 0.4) is 0 Å². The molecule has 0 aliphatic carbocycles. The third kappa shape index (κ3) is 2.90. The predicted molar refractivity (Wildman–Crippen MR) is 74.7 cm³/mol. The van der Waals surface area contributed by atoms with E-state index in [0.717, 1.165) is 16.9 Å². The largest absolute Gasteiger partial charge is 0.324 e. The van der Waals surface area contributed by atoms with Gasteiger partial charge in [-0.2, -0.15) is 5.26 Å². The summed E-state index contributed by atoms with van der Waals surface area (Å²) < 4.78 is 0. The van der Waals surface area contributed by atoms with Crippen LogP contribution in [0, 0.1) is 21.4 Å². The Morgan fingerprint density at radius 3 is 2.65 bits per heavy atom. The summed E-state index contributed by atoms with van der Waals surface area (Å²) in [5.41, 5.74) is 1.03. The van der Waals surface area contributed by atoms with E-state index in [0.29, 0.717) is 0 Å². The van der Waals surface area contributed by atoms with Crippen molar-refractivity contribution in [3.05, 3.63) is 63.0 Å². The number of hydrogen-bond acceptors (Lipinski definition) is 5. The zero-order valence-corrected chi connectivity index (χ0v) is 11.2. The smallest absolute Gasteiger partial charge is 0.293 e. The molecule has 2 aromatic rings. The monoisotopic (exact) mass is 286 g/mol. The van der Waals surface area contributed by atoms with Crippen LogP contribution in [0.5, 0.6) is 0 Å². The Morgan fingerprint density at radius 1 is 1.40 bits per heavy atom. The fourth-order valence-corrected chi connectivity index (χ4v) is 2.60. The SMILES string of the molecule is N#CCC(C(=O)c1csc([N+](=O)[O-])c1)c1ccccc1. The van der Waals surface area contributed by atoms with Gasteiger partial charge < -0.3 is 0 Å². The summed E-state index contributed by atoms with van der Waals surface area (Å²) in [5.74, 6) is -0.850. The molecule has 100 valence electrons. The molecule has 0 bridgehead atoms. The van der Waals surface area contributed by atoms with Gasteiger partial charge in [-0.1, -0.05) is 41.7 Å². The van der Waals surface area contributed by atoms with Crippen molar-refractivity contribution in [2.75, 3.05) is 0 Å². The standard InChI is InChI=1S/C14H10N2O3S/c15-7-6-12(10-4-2-1-3-5-10)14(17)11-8-13(16(18)19)20-9-11/h1-5,8-9,12H,6H2. The minimum absolute atomic E-state index is 0.0481. The maximum atomic E-state index is 12.4. The first-order valence-corrected chi connectivity index (χ1v) is 6.70. The number of Topliss-reactive ketones (excluding diaryl/α,β-unsaturated/α-hetero) is 1. The van der Waals surface area contributed by atoms with E-state index in [4.69, 9.17) is 5.26 Å². The number of rotatable bonds is 5. The van der Waals surface area contributed by atoms with Crippen molar-refractivity contribution in [2.24, 2.45) is 0 Å². The molecule has 6 heteroatoms. The van der Waals surface area contributed by atoms with Crippen molar-refractivity contribution in [1.82, 2.24) is 0 Å². The Morgan fingerprint density at radius 2 is 2.10 bits per heavy atom. The van der Waals surface area contributed by atoms with Crippen molar-refractivity contribution in [2.45, 2.75) is 12.3 Å². The Bertz CT molecular complexity index is 673. The van der Waals surface area contributed by atoms with Crippen LogP contribution >= 0.6 is 11.3 Å². The molecule has 0 amide bonds. The molecule has 0 aliphatic rings. The van der Waals surface area contributed by atoms with Crippen LogP contribution in [-0.4, -0.2) is 10.7 Å². The van der Waals surface area contributed by atoms with Crippen LogP contribution in [0.2, 0.25) is 0 Å². The van der Waals surface area contributed by atoms with Gasteiger partial charge in [0, 0.05) is 23.4 Å². The van der Waals surface area contributed by atoms with Crippen LogP contribution in [0.4, 0.5) is 5.00 Å². The molecule has 2 rings (SSSR count). The number of nitriles is 1. The second-order valence-corrected chi connectivity index (χ2v) is 5.01. The lowest BCUT2D eigenvalue weighted by Crippen LogP contribution is -2.11. The van der Waals surface area contributed by atoms with E-state index in [1.54, 1.807) is 24.3 Å². The van der Waals surface area contributed by atoms with E-state index in [1.807, 2.05) is 12.1 Å². The summed E-state index contributed by atoms with van der Waals surface area (Å²) >= 11 is 0.914. The van der Waals surface area contributed by atoms with E-state index in [2.05, 4.69) is 0 Å². The van der Waals surface area contributed by atoms with Crippen molar-refractivity contribution >= 4 is 22.1 Å². The third-order valence-corrected chi connectivity index (χ3v) is 3.74. The van der Waals surface area contributed by atoms with E-state index in [9.17, 15) is 14.9 Å². The molecule has 20 heavy (non-hydrogen) atoms. The van der Waals surface area contributed by atoms with Crippen LogP contribution in [0.15, 0.2) is 41.8 Å². The quantitative estimate of drug-likeness (QED) is 0.478. The normalized spacial score (nSPS) is 11.6. The molecule has 0 fully saturated rings. The molecular weight excluding hydrogens is 276 g/mol. The summed E-state index contributed by atoms with van der Waals surface area (Å²) in [5, 5.41) is 20.9. The number of nitrogens with zero attached hydrogens (tertiary/aromatic N) is 2. The fourth-order valence-electron chi connectivity index (χ4n) is 1.89. The van der Waals surface area contributed by atoms with E-state index < -0.39 is 10.8 Å². The first-order chi connectivity index (χ1) is 9.63. The molecule has 0 saturated heterocycles. The fraction of sp³-hybridized carbons (Fsp3) is 0.143. The number of benzene rings is 1. The Balaban J connectivity index is 2.32. The maximum absolute atomic E-state index is 12.4. The third-order valence-electron chi connectivity index (χ3n) is 2.86. The van der Waals surface area contributed by atoms with E-state index in [1.165, 1.54) is 11.4 Å². The summed E-state index contributed by atoms with van der Waals surface area (Å²) in [6.45, 7) is 0. The molecule has 0 aliphatic heterocycles. The van der Waals surface area contributed by atoms with Gasteiger partial charge in [-0.3, -0.25) is 14.9 Å². The summed E-state index contributed by atoms with van der Waals surface area (Å²) in [4.78, 5) is 22.5. The average molecular weight is 286 g/mol. The zero-order valence-electron chi connectivity index (χ0n) is 10.4. The number of carbonyl (C=O) groups is 1. The highest BCUT2D eigenvalue weighted by Crippen LogP contribution is 2.29. The lowest BCUT2D eigenvalue weighted by Gasteiger charge is -2.11. The predicted octanol–water partition coefficient (Wildman–Crippen LogP) is 3.54. The van der Waals surface area contributed by atoms with Crippen LogP contribution in [0.1, 0.15) is 28.3 Å².